The summed E-state index contributed by atoms with van der Waals surface area (Å²) < 4.78 is 11.0. The molecule has 35 heavy (non-hydrogen) atoms. The van der Waals surface area contributed by atoms with Gasteiger partial charge in [0.2, 0.25) is 0 Å². The van der Waals surface area contributed by atoms with Gasteiger partial charge in [0.05, 0.1) is 39.4 Å². The Kier molecular flexibility index (Phi) is 9.11. The van der Waals surface area contributed by atoms with E-state index in [4.69, 9.17) is 32.5 Å². The molecular weight excluding hydrogens is 472 g/mol. The monoisotopic (exact) mass is 505 g/mol. The number of hydrogen-bond acceptors (Lipinski definition) is 8. The first-order valence-electron chi connectivity index (χ1n) is 11.8. The molecule has 5 N–H and O–H groups in total. The van der Waals surface area contributed by atoms with Crippen LogP contribution in [0.5, 0.6) is 5.75 Å². The van der Waals surface area contributed by atoms with E-state index in [9.17, 15) is 9.59 Å². The standard InChI is InChI=1S/C24H33ClN6O4/c1-3-35-19(32)15-31(12-4-6-16-8-10-18(34-2)11-9-16)13-5-7-17(14-31)28-24(33)20-22(26)30-23(27)21(25)29-20/h8-11,17H,3-7,12-15H2,1-2H3,(H4-,26,27,28,30,33)/p+1. The van der Waals surface area contributed by atoms with Crippen molar-refractivity contribution in [1.29, 1.82) is 0 Å². The highest BCUT2D eigenvalue weighted by molar-refractivity contribution is 6.31. The van der Waals surface area contributed by atoms with Crippen LogP contribution in [0, 0.1) is 0 Å². The number of nitrogens with two attached hydrogens (primary N) is 2. The van der Waals surface area contributed by atoms with E-state index in [0.717, 1.165) is 44.5 Å². The molecule has 2 aromatic rings. The Labute approximate surface area is 210 Å². The second-order valence-corrected chi connectivity index (χ2v) is 9.19. The van der Waals surface area contributed by atoms with Crippen molar-refractivity contribution in [3.05, 3.63) is 40.7 Å². The number of carbonyl (C=O) groups excluding carboxylic acids is 2. The lowest BCUT2D eigenvalue weighted by atomic mass is 10.00. The minimum absolute atomic E-state index is 0.0274. The van der Waals surface area contributed by atoms with Gasteiger partial charge in [-0.15, -0.1) is 0 Å². The normalized spacial score (nSPS) is 19.7. The minimum atomic E-state index is -0.462. The lowest BCUT2D eigenvalue weighted by molar-refractivity contribution is -0.926. The Morgan fingerprint density at radius 1 is 1.20 bits per heavy atom. The van der Waals surface area contributed by atoms with Crippen LogP contribution in [0.25, 0.3) is 0 Å². The number of anilines is 2. The highest BCUT2D eigenvalue weighted by atomic mass is 35.5. The number of quaternary nitrogens is 1. The van der Waals surface area contributed by atoms with Crippen LogP contribution in [0.4, 0.5) is 11.6 Å². The predicted octanol–water partition coefficient (Wildman–Crippen LogP) is 2.21. The molecule has 1 aromatic heterocycles. The summed E-state index contributed by atoms with van der Waals surface area (Å²) in [6.07, 6.45) is 3.40. The van der Waals surface area contributed by atoms with Gasteiger partial charge >= 0.3 is 5.97 Å². The van der Waals surface area contributed by atoms with Crippen molar-refractivity contribution >= 4 is 35.1 Å². The van der Waals surface area contributed by atoms with E-state index in [1.165, 1.54) is 5.56 Å². The molecule has 2 unspecified atom stereocenters. The highest BCUT2D eigenvalue weighted by Gasteiger charge is 2.38. The SMILES string of the molecule is CCOC(=O)C[N+]1(CCCc2ccc(OC)cc2)CCCC(NC(=O)c2nc(Cl)c(N)nc2N)C1. The fourth-order valence-corrected chi connectivity index (χ4v) is 4.75. The Balaban J connectivity index is 1.69. The number of nitrogens with one attached hydrogen (secondary N) is 1. The van der Waals surface area contributed by atoms with E-state index >= 15 is 0 Å². The second-order valence-electron chi connectivity index (χ2n) is 8.83. The van der Waals surface area contributed by atoms with Gasteiger partial charge in [0.1, 0.15) is 5.75 Å². The number of rotatable bonds is 10. The third kappa shape index (κ3) is 7.19. The van der Waals surface area contributed by atoms with Crippen LogP contribution in [0.3, 0.4) is 0 Å². The summed E-state index contributed by atoms with van der Waals surface area (Å²) >= 11 is 5.93. The molecule has 2 atom stereocenters. The predicted molar refractivity (Wildman–Crippen MR) is 134 cm³/mol. The molecule has 3 rings (SSSR count). The summed E-state index contributed by atoms with van der Waals surface area (Å²) in [5.74, 6) is 0.0230. The molecule has 2 heterocycles. The smallest absolute Gasteiger partial charge is 0.361 e. The molecule has 0 bridgehead atoms. The zero-order valence-corrected chi connectivity index (χ0v) is 21.0. The summed E-state index contributed by atoms with van der Waals surface area (Å²) in [5.41, 5.74) is 12.6. The molecule has 1 amide bonds. The number of ether oxygens (including phenoxy) is 2. The van der Waals surface area contributed by atoms with Gasteiger partial charge in [-0.05, 0) is 43.9 Å². The molecule has 1 fully saturated rings. The molecule has 1 aliphatic heterocycles. The zero-order chi connectivity index (χ0) is 25.4. The molecule has 190 valence electrons. The number of benzene rings is 1. The van der Waals surface area contributed by atoms with Crippen molar-refractivity contribution in [3.63, 3.8) is 0 Å². The fourth-order valence-electron chi connectivity index (χ4n) is 4.62. The number of methoxy groups -OCH3 is 1. The van der Waals surface area contributed by atoms with Crippen LogP contribution in [-0.2, 0) is 16.0 Å². The summed E-state index contributed by atoms with van der Waals surface area (Å²) in [4.78, 5) is 33.2. The molecule has 0 saturated carbocycles. The number of esters is 1. The highest BCUT2D eigenvalue weighted by Crippen LogP contribution is 2.23. The third-order valence-electron chi connectivity index (χ3n) is 6.27. The number of hydrogen-bond donors (Lipinski definition) is 3. The van der Waals surface area contributed by atoms with E-state index in [0.29, 0.717) is 17.6 Å². The first-order chi connectivity index (χ1) is 16.7. The van der Waals surface area contributed by atoms with Gasteiger partial charge in [0.15, 0.2) is 29.0 Å². The van der Waals surface area contributed by atoms with Crippen molar-refractivity contribution in [2.75, 3.05) is 51.4 Å². The van der Waals surface area contributed by atoms with Gasteiger partial charge in [-0.25, -0.2) is 14.8 Å². The first-order valence-corrected chi connectivity index (χ1v) is 12.2. The van der Waals surface area contributed by atoms with Gasteiger partial charge in [-0.2, -0.15) is 0 Å². The molecule has 1 aromatic carbocycles. The summed E-state index contributed by atoms with van der Waals surface area (Å²) in [6, 6.07) is 7.84. The van der Waals surface area contributed by atoms with E-state index < -0.39 is 5.91 Å². The topological polar surface area (TPSA) is 142 Å². The van der Waals surface area contributed by atoms with Gasteiger partial charge in [0.25, 0.3) is 5.91 Å². The van der Waals surface area contributed by atoms with E-state index in [1.807, 2.05) is 12.1 Å². The van der Waals surface area contributed by atoms with Crippen molar-refractivity contribution in [1.82, 2.24) is 15.3 Å². The van der Waals surface area contributed by atoms with Crippen LogP contribution in [-0.4, -0.2) is 72.3 Å². The van der Waals surface area contributed by atoms with Crippen molar-refractivity contribution in [2.45, 2.75) is 38.6 Å². The minimum Gasteiger partial charge on any atom is -0.497 e. The molecular formula is C24H34ClN6O4+. The second kappa shape index (κ2) is 12.0. The maximum Gasteiger partial charge on any atom is 0.361 e. The van der Waals surface area contributed by atoms with Crippen molar-refractivity contribution in [2.24, 2.45) is 0 Å². The van der Waals surface area contributed by atoms with Crippen molar-refractivity contribution < 1.29 is 23.5 Å². The van der Waals surface area contributed by atoms with E-state index in [-0.39, 0.29) is 41.0 Å². The number of likely N-dealkylation sites (tertiary alicyclic amines) is 1. The molecule has 1 aliphatic rings. The summed E-state index contributed by atoms with van der Waals surface area (Å²) in [6.45, 7) is 4.62. The van der Waals surface area contributed by atoms with Gasteiger partial charge in [-0.3, -0.25) is 4.79 Å². The lowest BCUT2D eigenvalue weighted by Gasteiger charge is -2.44. The summed E-state index contributed by atoms with van der Waals surface area (Å²) in [5, 5.41) is 2.93. The summed E-state index contributed by atoms with van der Waals surface area (Å²) in [7, 11) is 1.65. The van der Waals surface area contributed by atoms with Gasteiger partial charge in [0, 0.05) is 6.42 Å². The molecule has 0 spiro atoms. The Hall–Kier alpha value is -3.11. The zero-order valence-electron chi connectivity index (χ0n) is 20.3. The Morgan fingerprint density at radius 2 is 1.94 bits per heavy atom. The largest absolute Gasteiger partial charge is 0.497 e. The molecule has 0 radical (unpaired) electrons. The third-order valence-corrected chi connectivity index (χ3v) is 6.55. The van der Waals surface area contributed by atoms with Crippen molar-refractivity contribution in [3.8, 4) is 5.75 Å². The van der Waals surface area contributed by atoms with Gasteiger partial charge < -0.3 is 30.7 Å². The number of halogens is 1. The van der Waals surface area contributed by atoms with Gasteiger partial charge in [-0.1, -0.05) is 23.7 Å². The lowest BCUT2D eigenvalue weighted by Crippen LogP contribution is -2.61. The molecule has 11 heteroatoms. The number of nitrogens with zero attached hydrogens (tertiary/aromatic N) is 3. The van der Waals surface area contributed by atoms with E-state index in [2.05, 4.69) is 27.4 Å². The maximum absolute atomic E-state index is 12.9. The first kappa shape index (κ1) is 26.5. The van der Waals surface area contributed by atoms with E-state index in [1.54, 1.807) is 14.0 Å². The number of aromatic nitrogens is 2. The van der Waals surface area contributed by atoms with Crippen LogP contribution in [0.2, 0.25) is 5.15 Å². The van der Waals surface area contributed by atoms with Crippen LogP contribution < -0.4 is 21.5 Å². The Morgan fingerprint density at radius 3 is 2.63 bits per heavy atom. The maximum atomic E-state index is 12.9. The van der Waals surface area contributed by atoms with Crippen LogP contribution in [0.1, 0.15) is 42.2 Å². The average Bonchev–Trinajstić information content (AvgIpc) is 2.82. The molecule has 0 aliphatic carbocycles. The Bertz CT molecular complexity index is 1040. The number of piperidine rings is 1. The van der Waals surface area contributed by atoms with Crippen LogP contribution >= 0.6 is 11.6 Å². The number of nitrogen functional groups attached to an aromatic ring is 2. The number of amides is 1. The number of carbonyl (C=O) groups is 2. The molecule has 1 saturated heterocycles. The average molecular weight is 506 g/mol. The quantitative estimate of drug-likeness (QED) is 0.329. The fraction of sp³-hybridized carbons (Fsp3) is 0.500. The number of aryl methyl sites for hydroxylation is 1. The van der Waals surface area contributed by atoms with Crippen LogP contribution in [0.15, 0.2) is 24.3 Å². The molecule has 10 nitrogen and oxygen atoms in total.